The molecule has 0 bridgehead atoms. The average molecular weight is 315 g/mol. The number of nitro groups is 1. The lowest BCUT2D eigenvalue weighted by molar-refractivity contribution is -0.384. The molecule has 0 saturated heterocycles. The second-order valence-electron chi connectivity index (χ2n) is 5.03. The van der Waals surface area contributed by atoms with Crippen LogP contribution in [-0.4, -0.2) is 15.8 Å². The molecule has 0 spiro atoms. The highest BCUT2D eigenvalue weighted by Gasteiger charge is 2.26. The molecule has 0 atom stereocenters. The first-order valence-electron chi connectivity index (χ1n) is 6.81. The predicted molar refractivity (Wildman–Crippen MR) is 84.8 cm³/mol. The van der Waals surface area contributed by atoms with E-state index in [0.717, 1.165) is 5.69 Å². The van der Waals surface area contributed by atoms with E-state index in [9.17, 15) is 14.9 Å². The highest BCUT2D eigenvalue weighted by Crippen LogP contribution is 2.40. The Bertz CT molecular complexity index is 750. The Morgan fingerprint density at radius 2 is 2.27 bits per heavy atom. The number of carbonyl (C=O) groups is 1. The molecule has 6 nitrogen and oxygen atoms in total. The minimum Gasteiger partial charge on any atom is -0.298 e. The summed E-state index contributed by atoms with van der Waals surface area (Å²) >= 11 is 1.41. The van der Waals surface area contributed by atoms with Crippen LogP contribution in [0.2, 0.25) is 0 Å². The summed E-state index contributed by atoms with van der Waals surface area (Å²) in [5.41, 5.74) is 1.64. The van der Waals surface area contributed by atoms with Gasteiger partial charge in [0.2, 0.25) is 5.91 Å². The lowest BCUT2D eigenvalue weighted by atomic mass is 10.2. The SMILES string of the molecule is O=C(/C=C/c1cccc([N+](=O)[O-])c1)Nc1nc(C2CC2)cs1. The number of nitro benzene ring substituents is 1. The number of amides is 1. The molecule has 1 heterocycles. The summed E-state index contributed by atoms with van der Waals surface area (Å²) in [6.45, 7) is 0. The highest BCUT2D eigenvalue weighted by molar-refractivity contribution is 7.14. The maximum absolute atomic E-state index is 11.8. The molecule has 3 rings (SSSR count). The third-order valence-electron chi connectivity index (χ3n) is 3.26. The van der Waals surface area contributed by atoms with Gasteiger partial charge in [0.05, 0.1) is 10.6 Å². The molecular formula is C15H13N3O3S. The van der Waals surface area contributed by atoms with E-state index in [1.807, 2.05) is 5.38 Å². The molecule has 1 aromatic carbocycles. The first-order valence-corrected chi connectivity index (χ1v) is 7.69. The summed E-state index contributed by atoms with van der Waals surface area (Å²) in [4.78, 5) is 26.4. The van der Waals surface area contributed by atoms with Crippen LogP contribution in [0.4, 0.5) is 10.8 Å². The number of nitrogens with one attached hydrogen (secondary N) is 1. The van der Waals surface area contributed by atoms with Crippen LogP contribution in [0.15, 0.2) is 35.7 Å². The lowest BCUT2D eigenvalue weighted by Gasteiger charge is -1.97. The van der Waals surface area contributed by atoms with Gasteiger partial charge in [-0.2, -0.15) is 0 Å². The third kappa shape index (κ3) is 3.56. The van der Waals surface area contributed by atoms with Crippen LogP contribution in [-0.2, 0) is 4.79 Å². The Morgan fingerprint density at radius 1 is 1.45 bits per heavy atom. The molecule has 1 N–H and O–H groups in total. The fourth-order valence-corrected chi connectivity index (χ4v) is 2.77. The van der Waals surface area contributed by atoms with E-state index >= 15 is 0 Å². The second kappa shape index (κ2) is 6.07. The van der Waals surface area contributed by atoms with Gasteiger partial charge in [0.25, 0.3) is 5.69 Å². The second-order valence-corrected chi connectivity index (χ2v) is 5.88. The van der Waals surface area contributed by atoms with Gasteiger partial charge in [-0.3, -0.25) is 20.2 Å². The highest BCUT2D eigenvalue weighted by atomic mass is 32.1. The summed E-state index contributed by atoms with van der Waals surface area (Å²) in [5.74, 6) is 0.255. The van der Waals surface area contributed by atoms with Gasteiger partial charge in [-0.15, -0.1) is 11.3 Å². The molecule has 7 heteroatoms. The number of benzene rings is 1. The number of non-ortho nitro benzene ring substituents is 1. The molecule has 0 radical (unpaired) electrons. The minimum atomic E-state index is -0.466. The quantitative estimate of drug-likeness (QED) is 0.519. The van der Waals surface area contributed by atoms with Crippen molar-refractivity contribution >= 4 is 34.1 Å². The largest absolute Gasteiger partial charge is 0.298 e. The number of hydrogen-bond donors (Lipinski definition) is 1. The van der Waals surface area contributed by atoms with Gasteiger partial charge in [0.15, 0.2) is 5.13 Å². The number of hydrogen-bond acceptors (Lipinski definition) is 5. The van der Waals surface area contributed by atoms with E-state index in [4.69, 9.17) is 0 Å². The monoisotopic (exact) mass is 315 g/mol. The summed E-state index contributed by atoms with van der Waals surface area (Å²) in [6.07, 6.45) is 5.22. The number of thiazole rings is 1. The van der Waals surface area contributed by atoms with Crippen LogP contribution in [0.1, 0.15) is 30.0 Å². The molecule has 22 heavy (non-hydrogen) atoms. The van der Waals surface area contributed by atoms with Crippen LogP contribution in [0.3, 0.4) is 0 Å². The van der Waals surface area contributed by atoms with Crippen molar-refractivity contribution in [3.05, 3.63) is 57.1 Å². The summed E-state index contributed by atoms with van der Waals surface area (Å²) in [6, 6.07) is 6.11. The maximum atomic E-state index is 11.8. The molecule has 2 aromatic rings. The molecule has 1 amide bonds. The normalized spacial score (nSPS) is 14.2. The molecule has 112 valence electrons. The Hall–Kier alpha value is -2.54. The van der Waals surface area contributed by atoms with Gasteiger partial charge < -0.3 is 0 Å². The maximum Gasteiger partial charge on any atom is 0.270 e. The first kappa shape index (κ1) is 14.4. The summed E-state index contributed by atoms with van der Waals surface area (Å²) < 4.78 is 0. The van der Waals surface area contributed by atoms with Crippen molar-refractivity contribution in [1.29, 1.82) is 0 Å². The number of carbonyl (C=O) groups excluding carboxylic acids is 1. The van der Waals surface area contributed by atoms with Gasteiger partial charge in [-0.25, -0.2) is 4.98 Å². The fraction of sp³-hybridized carbons (Fsp3) is 0.200. The van der Waals surface area contributed by atoms with E-state index in [1.165, 1.54) is 48.5 Å². The molecule has 1 saturated carbocycles. The van der Waals surface area contributed by atoms with Crippen molar-refractivity contribution in [3.8, 4) is 0 Å². The topological polar surface area (TPSA) is 85.1 Å². The fourth-order valence-electron chi connectivity index (χ4n) is 1.97. The van der Waals surface area contributed by atoms with E-state index < -0.39 is 4.92 Å². The van der Waals surface area contributed by atoms with Gasteiger partial charge in [0, 0.05) is 29.5 Å². The zero-order valence-electron chi connectivity index (χ0n) is 11.6. The van der Waals surface area contributed by atoms with Crippen molar-refractivity contribution in [2.24, 2.45) is 0 Å². The number of aromatic nitrogens is 1. The van der Waals surface area contributed by atoms with Crippen LogP contribution in [0.5, 0.6) is 0 Å². The van der Waals surface area contributed by atoms with Crippen LogP contribution >= 0.6 is 11.3 Å². The molecule has 1 aliphatic rings. The molecule has 1 aromatic heterocycles. The van der Waals surface area contributed by atoms with Gasteiger partial charge in [-0.1, -0.05) is 12.1 Å². The van der Waals surface area contributed by atoms with E-state index in [2.05, 4.69) is 10.3 Å². The standard InChI is InChI=1S/C15H13N3O3S/c19-14(17-15-16-13(9-22-15)11-5-6-11)7-4-10-2-1-3-12(8-10)18(20)21/h1-4,7-9,11H,5-6H2,(H,16,17,19)/b7-4+. The Kier molecular flexibility index (Phi) is 3.97. The number of nitrogens with zero attached hydrogens (tertiary/aromatic N) is 2. The number of anilines is 1. The van der Waals surface area contributed by atoms with Gasteiger partial charge in [-0.05, 0) is 24.5 Å². The molecule has 0 unspecified atom stereocenters. The zero-order valence-corrected chi connectivity index (χ0v) is 12.4. The van der Waals surface area contributed by atoms with Gasteiger partial charge in [0.1, 0.15) is 0 Å². The summed E-state index contributed by atoms with van der Waals surface area (Å²) in [5, 5.41) is 15.9. The Morgan fingerprint density at radius 3 is 3.00 bits per heavy atom. The van der Waals surface area contributed by atoms with E-state index in [1.54, 1.807) is 12.1 Å². The zero-order chi connectivity index (χ0) is 15.5. The van der Waals surface area contributed by atoms with Crippen molar-refractivity contribution < 1.29 is 9.72 Å². The van der Waals surface area contributed by atoms with Crippen molar-refractivity contribution in [1.82, 2.24) is 4.98 Å². The minimum absolute atomic E-state index is 0.00319. The van der Waals surface area contributed by atoms with Crippen molar-refractivity contribution in [3.63, 3.8) is 0 Å². The molecule has 0 aliphatic heterocycles. The smallest absolute Gasteiger partial charge is 0.270 e. The third-order valence-corrected chi connectivity index (χ3v) is 4.03. The van der Waals surface area contributed by atoms with Crippen LogP contribution < -0.4 is 5.32 Å². The van der Waals surface area contributed by atoms with Crippen molar-refractivity contribution in [2.45, 2.75) is 18.8 Å². The van der Waals surface area contributed by atoms with E-state index in [-0.39, 0.29) is 11.6 Å². The first-order chi connectivity index (χ1) is 10.6. The molecule has 1 fully saturated rings. The van der Waals surface area contributed by atoms with Gasteiger partial charge >= 0.3 is 0 Å². The van der Waals surface area contributed by atoms with Crippen molar-refractivity contribution in [2.75, 3.05) is 5.32 Å². The summed E-state index contributed by atoms with van der Waals surface area (Å²) in [7, 11) is 0. The Balaban J connectivity index is 1.62. The molecular weight excluding hydrogens is 302 g/mol. The predicted octanol–water partition coefficient (Wildman–Crippen LogP) is 3.58. The van der Waals surface area contributed by atoms with Crippen LogP contribution in [0.25, 0.3) is 6.08 Å². The van der Waals surface area contributed by atoms with E-state index in [0.29, 0.717) is 16.6 Å². The molecule has 1 aliphatic carbocycles. The Labute approximate surface area is 130 Å². The van der Waals surface area contributed by atoms with Crippen LogP contribution in [0, 0.1) is 10.1 Å². The lowest BCUT2D eigenvalue weighted by Crippen LogP contribution is -2.07. The average Bonchev–Trinajstić information content (AvgIpc) is 3.26. The number of rotatable bonds is 5.